The van der Waals surface area contributed by atoms with Crippen molar-refractivity contribution in [2.75, 3.05) is 25.0 Å². The van der Waals surface area contributed by atoms with E-state index in [-0.39, 0.29) is 5.02 Å². The van der Waals surface area contributed by atoms with Gasteiger partial charge >= 0.3 is 0 Å². The van der Waals surface area contributed by atoms with E-state index in [1.54, 1.807) is 6.07 Å². The number of anilines is 1. The summed E-state index contributed by atoms with van der Waals surface area (Å²) >= 11 is 5.92. The molecular formula is C15H18ClN3O2. The molecule has 5 nitrogen and oxygen atoms in total. The van der Waals surface area contributed by atoms with Gasteiger partial charge < -0.3 is 10.4 Å². The van der Waals surface area contributed by atoms with Crippen molar-refractivity contribution in [1.29, 1.82) is 5.26 Å². The first-order valence-corrected chi connectivity index (χ1v) is 7.26. The predicted molar refractivity (Wildman–Crippen MR) is 81.1 cm³/mol. The highest BCUT2D eigenvalue weighted by atomic mass is 35.5. The maximum Gasteiger partial charge on any atom is 0.257 e. The van der Waals surface area contributed by atoms with Crippen LogP contribution in [0.25, 0.3) is 0 Å². The number of amides is 1. The number of hydrogen-bond acceptors (Lipinski definition) is 4. The Labute approximate surface area is 129 Å². The number of hydrogen-bond donors (Lipinski definition) is 2. The standard InChI is InChI=1S/C15H18ClN3O2/c1-15(21,10-19-6-2-3-7-19)14(20)18-12-5-4-11(9-17)13(16)8-12/h4-5,8,21H,2-3,6-7,10H2,1H3,(H,18,20)/t15-/m0/s1. The molecule has 21 heavy (non-hydrogen) atoms. The summed E-state index contributed by atoms with van der Waals surface area (Å²) in [5.41, 5.74) is -0.658. The van der Waals surface area contributed by atoms with Crippen LogP contribution < -0.4 is 5.32 Å². The molecule has 1 atom stereocenters. The van der Waals surface area contributed by atoms with E-state index in [0.717, 1.165) is 25.9 Å². The highest BCUT2D eigenvalue weighted by molar-refractivity contribution is 6.32. The molecule has 1 aliphatic heterocycles. The summed E-state index contributed by atoms with van der Waals surface area (Å²) in [6.07, 6.45) is 2.20. The summed E-state index contributed by atoms with van der Waals surface area (Å²) in [4.78, 5) is 14.3. The Bertz CT molecular complexity index is 575. The van der Waals surface area contributed by atoms with Crippen LogP contribution in [0.5, 0.6) is 0 Å². The molecule has 0 bridgehead atoms. The zero-order valence-electron chi connectivity index (χ0n) is 11.9. The average Bonchev–Trinajstić information content (AvgIpc) is 2.91. The van der Waals surface area contributed by atoms with Crippen molar-refractivity contribution in [2.45, 2.75) is 25.4 Å². The van der Waals surface area contributed by atoms with Crippen LogP contribution in [0.4, 0.5) is 5.69 Å². The maximum absolute atomic E-state index is 12.2. The second-order valence-corrected chi connectivity index (χ2v) is 5.92. The molecule has 112 valence electrons. The van der Waals surface area contributed by atoms with Gasteiger partial charge in [-0.05, 0) is 51.1 Å². The number of nitriles is 1. The Hall–Kier alpha value is -1.61. The van der Waals surface area contributed by atoms with Gasteiger partial charge in [0.1, 0.15) is 6.07 Å². The summed E-state index contributed by atoms with van der Waals surface area (Å²) in [5, 5.41) is 22.1. The number of nitrogens with one attached hydrogen (secondary N) is 1. The summed E-state index contributed by atoms with van der Waals surface area (Å²) in [5.74, 6) is -0.477. The van der Waals surface area contributed by atoms with Gasteiger partial charge in [0.15, 0.2) is 5.60 Å². The van der Waals surface area contributed by atoms with Crippen molar-refractivity contribution in [2.24, 2.45) is 0 Å². The molecule has 0 radical (unpaired) electrons. The predicted octanol–water partition coefficient (Wildman–Crippen LogP) is 2.00. The fourth-order valence-electron chi connectivity index (χ4n) is 2.40. The number of halogens is 1. The molecule has 0 saturated carbocycles. The number of rotatable bonds is 4. The lowest BCUT2D eigenvalue weighted by Gasteiger charge is -2.27. The van der Waals surface area contributed by atoms with E-state index in [2.05, 4.69) is 10.2 Å². The van der Waals surface area contributed by atoms with Crippen molar-refractivity contribution >= 4 is 23.2 Å². The van der Waals surface area contributed by atoms with Crippen LogP contribution >= 0.6 is 11.6 Å². The molecule has 1 amide bonds. The highest BCUT2D eigenvalue weighted by Gasteiger charge is 2.33. The lowest BCUT2D eigenvalue weighted by Crippen LogP contribution is -2.48. The minimum atomic E-state index is -1.47. The molecule has 0 aliphatic carbocycles. The first-order valence-electron chi connectivity index (χ1n) is 6.88. The highest BCUT2D eigenvalue weighted by Crippen LogP contribution is 2.21. The molecule has 1 aliphatic rings. The minimum Gasteiger partial charge on any atom is -0.379 e. The third-order valence-corrected chi connectivity index (χ3v) is 3.88. The van der Waals surface area contributed by atoms with Gasteiger partial charge in [0.25, 0.3) is 5.91 Å². The zero-order chi connectivity index (χ0) is 15.5. The largest absolute Gasteiger partial charge is 0.379 e. The number of nitrogens with zero attached hydrogens (tertiary/aromatic N) is 2. The molecule has 1 saturated heterocycles. The molecule has 1 aromatic carbocycles. The molecule has 0 aromatic heterocycles. The second kappa shape index (κ2) is 6.44. The molecule has 2 N–H and O–H groups in total. The lowest BCUT2D eigenvalue weighted by atomic mass is 10.1. The summed E-state index contributed by atoms with van der Waals surface area (Å²) < 4.78 is 0. The third-order valence-electron chi connectivity index (χ3n) is 3.57. The van der Waals surface area contributed by atoms with Crippen molar-refractivity contribution in [3.8, 4) is 6.07 Å². The molecule has 1 heterocycles. The van der Waals surface area contributed by atoms with Crippen molar-refractivity contribution < 1.29 is 9.90 Å². The first-order chi connectivity index (χ1) is 9.92. The van der Waals surface area contributed by atoms with Crippen molar-refractivity contribution in [3.63, 3.8) is 0 Å². The zero-order valence-corrected chi connectivity index (χ0v) is 12.7. The Morgan fingerprint density at radius 3 is 2.76 bits per heavy atom. The fourth-order valence-corrected chi connectivity index (χ4v) is 2.62. The maximum atomic E-state index is 12.2. The number of carbonyl (C=O) groups excluding carboxylic acids is 1. The quantitative estimate of drug-likeness (QED) is 0.892. The van der Waals surface area contributed by atoms with Crippen LogP contribution in [0.15, 0.2) is 18.2 Å². The van der Waals surface area contributed by atoms with E-state index in [0.29, 0.717) is 17.8 Å². The summed E-state index contributed by atoms with van der Waals surface area (Å²) in [7, 11) is 0. The van der Waals surface area contributed by atoms with Crippen LogP contribution in [0.3, 0.4) is 0 Å². The SMILES string of the molecule is C[C@](O)(CN1CCCC1)C(=O)Nc1ccc(C#N)c(Cl)c1. The normalized spacial score (nSPS) is 18.0. The van der Waals surface area contributed by atoms with E-state index in [9.17, 15) is 9.90 Å². The number of β-amino-alcohol motifs (C(OH)–C–C–N with tert-alkyl or cyclic N) is 1. The molecule has 1 aromatic rings. The number of likely N-dealkylation sites (tertiary alicyclic amines) is 1. The Kier molecular flexibility index (Phi) is 4.84. The average molecular weight is 308 g/mol. The van der Waals surface area contributed by atoms with Gasteiger partial charge in [0, 0.05) is 12.2 Å². The Morgan fingerprint density at radius 1 is 1.52 bits per heavy atom. The van der Waals surface area contributed by atoms with E-state index >= 15 is 0 Å². The fraction of sp³-hybridized carbons (Fsp3) is 0.467. The van der Waals surface area contributed by atoms with Gasteiger partial charge in [0.05, 0.1) is 10.6 Å². The third kappa shape index (κ3) is 3.94. The molecule has 0 unspecified atom stereocenters. The van der Waals surface area contributed by atoms with Gasteiger partial charge in [-0.1, -0.05) is 11.6 Å². The molecule has 0 spiro atoms. The lowest BCUT2D eigenvalue weighted by molar-refractivity contribution is -0.133. The van der Waals surface area contributed by atoms with E-state index in [1.807, 2.05) is 6.07 Å². The number of carbonyl (C=O) groups is 1. The van der Waals surface area contributed by atoms with Crippen LogP contribution in [-0.2, 0) is 4.79 Å². The first kappa shape index (κ1) is 15.8. The van der Waals surface area contributed by atoms with E-state index < -0.39 is 11.5 Å². The van der Waals surface area contributed by atoms with Crippen LogP contribution in [0.1, 0.15) is 25.3 Å². The second-order valence-electron chi connectivity index (χ2n) is 5.52. The molecule has 1 fully saturated rings. The van der Waals surface area contributed by atoms with Gasteiger partial charge in [-0.3, -0.25) is 9.69 Å². The topological polar surface area (TPSA) is 76.4 Å². The van der Waals surface area contributed by atoms with Gasteiger partial charge in [-0.15, -0.1) is 0 Å². The van der Waals surface area contributed by atoms with Crippen molar-refractivity contribution in [3.05, 3.63) is 28.8 Å². The molecular weight excluding hydrogens is 290 g/mol. The summed E-state index contributed by atoms with van der Waals surface area (Å²) in [6, 6.07) is 6.58. The van der Waals surface area contributed by atoms with E-state index in [4.69, 9.17) is 16.9 Å². The summed E-state index contributed by atoms with van der Waals surface area (Å²) in [6.45, 7) is 3.63. The Balaban J connectivity index is 2.02. The number of benzene rings is 1. The Morgan fingerprint density at radius 2 is 2.19 bits per heavy atom. The van der Waals surface area contributed by atoms with E-state index in [1.165, 1.54) is 19.1 Å². The monoisotopic (exact) mass is 307 g/mol. The van der Waals surface area contributed by atoms with Gasteiger partial charge in [-0.2, -0.15) is 5.26 Å². The van der Waals surface area contributed by atoms with Crippen LogP contribution in [0, 0.1) is 11.3 Å². The van der Waals surface area contributed by atoms with Crippen molar-refractivity contribution in [1.82, 2.24) is 4.90 Å². The molecule has 2 rings (SSSR count). The molecule has 6 heteroatoms. The smallest absolute Gasteiger partial charge is 0.257 e. The number of aliphatic hydroxyl groups is 1. The van der Waals surface area contributed by atoms with Crippen LogP contribution in [0.2, 0.25) is 5.02 Å². The minimum absolute atomic E-state index is 0.273. The van der Waals surface area contributed by atoms with Gasteiger partial charge in [0.2, 0.25) is 0 Å². The van der Waals surface area contributed by atoms with Crippen LogP contribution in [-0.4, -0.2) is 41.1 Å². The van der Waals surface area contributed by atoms with Gasteiger partial charge in [-0.25, -0.2) is 0 Å².